The van der Waals surface area contributed by atoms with Crippen molar-refractivity contribution in [2.45, 2.75) is 23.5 Å². The summed E-state index contributed by atoms with van der Waals surface area (Å²) in [4.78, 5) is 27.4. The first-order chi connectivity index (χ1) is 10.1. The van der Waals surface area contributed by atoms with Gasteiger partial charge >= 0.3 is 5.97 Å². The lowest BCUT2D eigenvalue weighted by molar-refractivity contribution is -0.138. The highest BCUT2D eigenvalue weighted by Crippen LogP contribution is 2.24. The molecule has 0 atom stereocenters. The van der Waals surface area contributed by atoms with Crippen LogP contribution in [0.1, 0.15) is 18.5 Å². The normalized spacial score (nSPS) is 10.3. The van der Waals surface area contributed by atoms with Crippen molar-refractivity contribution in [1.82, 2.24) is 4.98 Å². The maximum Gasteiger partial charge on any atom is 0.303 e. The van der Waals surface area contributed by atoms with E-state index < -0.39 is 5.97 Å². The number of rotatable bonds is 7. The van der Waals surface area contributed by atoms with Crippen LogP contribution in [0.25, 0.3) is 0 Å². The van der Waals surface area contributed by atoms with Gasteiger partial charge < -0.3 is 10.4 Å². The van der Waals surface area contributed by atoms with Crippen molar-refractivity contribution in [2.24, 2.45) is 0 Å². The number of hydrogen-bond acceptors (Lipinski definition) is 5. The van der Waals surface area contributed by atoms with Gasteiger partial charge in [-0.3, -0.25) is 9.59 Å². The van der Waals surface area contributed by atoms with E-state index in [1.165, 1.54) is 11.3 Å². The number of carbonyl (C=O) groups is 2. The number of nitrogens with zero attached hydrogens (tertiary/aromatic N) is 1. The summed E-state index contributed by atoms with van der Waals surface area (Å²) in [7, 11) is 0. The number of aromatic nitrogens is 1. The number of carboxylic acids is 1. The molecule has 2 N–H and O–H groups in total. The van der Waals surface area contributed by atoms with Crippen LogP contribution < -0.4 is 5.32 Å². The zero-order valence-electron chi connectivity index (χ0n) is 11.1. The van der Waals surface area contributed by atoms with Crippen molar-refractivity contribution in [1.29, 1.82) is 0 Å². The average Bonchev–Trinajstić information content (AvgIpc) is 2.91. The van der Waals surface area contributed by atoms with Crippen molar-refractivity contribution in [3.05, 3.63) is 41.4 Å². The third kappa shape index (κ3) is 5.57. The lowest BCUT2D eigenvalue weighted by Crippen LogP contribution is -2.13. The number of amides is 1. The molecular weight excluding hydrogens is 308 g/mol. The number of anilines is 1. The average molecular weight is 322 g/mol. The Balaban J connectivity index is 1.81. The summed E-state index contributed by atoms with van der Waals surface area (Å²) in [5.74, 6) is -0.579. The molecule has 5 nitrogen and oxygen atoms in total. The predicted molar refractivity (Wildman–Crippen MR) is 83.6 cm³/mol. The Bertz CT molecular complexity index is 614. The van der Waals surface area contributed by atoms with Gasteiger partial charge in [0.1, 0.15) is 0 Å². The minimum Gasteiger partial charge on any atom is -0.481 e. The van der Waals surface area contributed by atoms with E-state index in [1.807, 2.05) is 35.7 Å². The van der Waals surface area contributed by atoms with Gasteiger partial charge in [0.05, 0.1) is 12.1 Å². The topological polar surface area (TPSA) is 79.3 Å². The lowest BCUT2D eigenvalue weighted by atomic mass is 10.3. The van der Waals surface area contributed by atoms with Gasteiger partial charge in [-0.05, 0) is 12.1 Å². The summed E-state index contributed by atoms with van der Waals surface area (Å²) in [6.45, 7) is 0. The predicted octanol–water partition coefficient (Wildman–Crippen LogP) is 3.24. The quantitative estimate of drug-likeness (QED) is 0.765. The molecule has 110 valence electrons. The van der Waals surface area contributed by atoms with Gasteiger partial charge in [-0.2, -0.15) is 0 Å². The van der Waals surface area contributed by atoms with E-state index in [9.17, 15) is 9.59 Å². The fourth-order valence-electron chi connectivity index (χ4n) is 1.51. The number of thiazole rings is 1. The zero-order chi connectivity index (χ0) is 15.1. The van der Waals surface area contributed by atoms with Crippen LogP contribution in [0.15, 0.2) is 40.6 Å². The first-order valence-electron chi connectivity index (χ1n) is 6.27. The number of carboxylic acid groups (broad SMARTS) is 1. The maximum absolute atomic E-state index is 11.5. The number of carbonyl (C=O) groups excluding carboxylic acids is 1. The molecule has 1 aromatic carbocycles. The molecule has 0 fully saturated rings. The Hall–Kier alpha value is -1.86. The second kappa shape index (κ2) is 7.80. The van der Waals surface area contributed by atoms with Crippen molar-refractivity contribution in [3.63, 3.8) is 0 Å². The molecule has 0 radical (unpaired) electrons. The van der Waals surface area contributed by atoms with E-state index in [2.05, 4.69) is 10.3 Å². The Morgan fingerprint density at radius 2 is 2.00 bits per heavy atom. The standard InChI is InChI=1S/C14H14N2O3S2/c17-12(6-7-13(18)19)16-14-15-10(9-21-14)8-20-11-4-2-1-3-5-11/h1-5,9H,6-8H2,(H,18,19)(H,15,16,17). The van der Waals surface area contributed by atoms with Crippen molar-refractivity contribution in [3.8, 4) is 0 Å². The van der Waals surface area contributed by atoms with Crippen molar-refractivity contribution >= 4 is 40.1 Å². The highest BCUT2D eigenvalue weighted by atomic mass is 32.2. The number of benzene rings is 1. The molecule has 0 unspecified atom stereocenters. The van der Waals surface area contributed by atoms with Crippen LogP contribution in [0.4, 0.5) is 5.13 Å². The van der Waals surface area contributed by atoms with Crippen molar-refractivity contribution in [2.75, 3.05) is 5.32 Å². The highest BCUT2D eigenvalue weighted by Gasteiger charge is 2.09. The van der Waals surface area contributed by atoms with E-state index in [0.717, 1.165) is 16.3 Å². The molecule has 1 aromatic heterocycles. The Labute approximate surface area is 130 Å². The molecule has 0 bridgehead atoms. The van der Waals surface area contributed by atoms with Crippen LogP contribution in [0.5, 0.6) is 0 Å². The SMILES string of the molecule is O=C(O)CCC(=O)Nc1nc(CSc2ccccc2)cs1. The van der Waals surface area contributed by atoms with E-state index in [0.29, 0.717) is 5.13 Å². The van der Waals surface area contributed by atoms with Gasteiger partial charge in [-0.15, -0.1) is 23.1 Å². The summed E-state index contributed by atoms with van der Waals surface area (Å²) in [5.41, 5.74) is 0.891. The number of nitrogens with one attached hydrogen (secondary N) is 1. The lowest BCUT2D eigenvalue weighted by Gasteiger charge is -2.00. The molecule has 7 heteroatoms. The van der Waals surface area contributed by atoms with Crippen LogP contribution in [0.2, 0.25) is 0 Å². The van der Waals surface area contributed by atoms with Crippen LogP contribution in [-0.2, 0) is 15.3 Å². The second-order valence-electron chi connectivity index (χ2n) is 4.19. The minimum absolute atomic E-state index is 0.0387. The number of hydrogen-bond donors (Lipinski definition) is 2. The Kier molecular flexibility index (Phi) is 5.77. The first-order valence-corrected chi connectivity index (χ1v) is 8.14. The first kappa shape index (κ1) is 15.5. The van der Waals surface area contributed by atoms with Gasteiger partial charge in [0.15, 0.2) is 5.13 Å². The van der Waals surface area contributed by atoms with Gasteiger partial charge in [-0.1, -0.05) is 18.2 Å². The Morgan fingerprint density at radius 3 is 2.71 bits per heavy atom. The summed E-state index contributed by atoms with van der Waals surface area (Å²) < 4.78 is 0. The summed E-state index contributed by atoms with van der Waals surface area (Å²) in [6, 6.07) is 10.0. The van der Waals surface area contributed by atoms with Crippen molar-refractivity contribution < 1.29 is 14.7 Å². The van der Waals surface area contributed by atoms with Gasteiger partial charge in [0.25, 0.3) is 0 Å². The van der Waals surface area contributed by atoms with Crippen LogP contribution >= 0.6 is 23.1 Å². The van der Waals surface area contributed by atoms with E-state index in [1.54, 1.807) is 11.8 Å². The molecule has 1 heterocycles. The Morgan fingerprint density at radius 1 is 1.24 bits per heavy atom. The van der Waals surface area contributed by atoms with Crippen LogP contribution in [-0.4, -0.2) is 22.0 Å². The molecule has 21 heavy (non-hydrogen) atoms. The molecule has 2 rings (SSSR count). The van der Waals surface area contributed by atoms with Crippen LogP contribution in [0, 0.1) is 0 Å². The van der Waals surface area contributed by atoms with E-state index >= 15 is 0 Å². The molecule has 1 amide bonds. The molecule has 0 spiro atoms. The molecule has 0 aliphatic heterocycles. The fourth-order valence-corrected chi connectivity index (χ4v) is 3.15. The fraction of sp³-hybridized carbons (Fsp3) is 0.214. The molecule has 0 aliphatic rings. The summed E-state index contributed by atoms with van der Waals surface area (Å²) in [6.07, 6.45) is -0.211. The van der Waals surface area contributed by atoms with Crippen LogP contribution in [0.3, 0.4) is 0 Å². The van der Waals surface area contributed by atoms with Gasteiger partial charge in [0.2, 0.25) is 5.91 Å². The molecule has 0 saturated heterocycles. The summed E-state index contributed by atoms with van der Waals surface area (Å²) >= 11 is 3.02. The zero-order valence-corrected chi connectivity index (χ0v) is 12.7. The monoisotopic (exact) mass is 322 g/mol. The number of aliphatic carboxylic acids is 1. The smallest absolute Gasteiger partial charge is 0.303 e. The molecule has 0 aliphatic carbocycles. The highest BCUT2D eigenvalue weighted by molar-refractivity contribution is 7.98. The third-order valence-electron chi connectivity index (χ3n) is 2.49. The van der Waals surface area contributed by atoms with E-state index in [-0.39, 0.29) is 18.7 Å². The molecule has 0 saturated carbocycles. The van der Waals surface area contributed by atoms with Gasteiger partial charge in [-0.25, -0.2) is 4.98 Å². The molecular formula is C14H14N2O3S2. The second-order valence-corrected chi connectivity index (χ2v) is 6.09. The third-order valence-corrected chi connectivity index (χ3v) is 4.35. The van der Waals surface area contributed by atoms with Gasteiger partial charge in [0, 0.05) is 22.4 Å². The summed E-state index contributed by atoms with van der Waals surface area (Å²) in [5, 5.41) is 13.5. The maximum atomic E-state index is 11.5. The largest absolute Gasteiger partial charge is 0.481 e. The minimum atomic E-state index is -0.982. The number of thioether (sulfide) groups is 1. The van der Waals surface area contributed by atoms with E-state index in [4.69, 9.17) is 5.11 Å². The molecule has 2 aromatic rings.